The molecule has 4 fully saturated rings. The predicted octanol–water partition coefficient (Wildman–Crippen LogP) is 8.12. The van der Waals surface area contributed by atoms with E-state index < -0.39 is 24.3 Å². The maximum absolute atomic E-state index is 13.9. The first-order chi connectivity index (χ1) is 32.4. The van der Waals surface area contributed by atoms with Crippen LogP contribution >= 0.6 is 0 Å². The maximum atomic E-state index is 13.9. The highest BCUT2D eigenvalue weighted by atomic mass is 16.6. The fourth-order valence-corrected chi connectivity index (χ4v) is 10.9. The number of methoxy groups -OCH3 is 1. The highest BCUT2D eigenvalue weighted by molar-refractivity contribution is 5.87. The largest absolute Gasteiger partial charge is 0.453 e. The molecule has 3 aromatic heterocycles. The van der Waals surface area contributed by atoms with Gasteiger partial charge in [-0.25, -0.2) is 24.5 Å². The Bertz CT molecular complexity index is 2590. The van der Waals surface area contributed by atoms with E-state index in [0.717, 1.165) is 102 Å². The Labute approximate surface area is 391 Å². The summed E-state index contributed by atoms with van der Waals surface area (Å²) in [7, 11) is 1.30. The number of pyridine rings is 1. The van der Waals surface area contributed by atoms with Crippen LogP contribution in [0.2, 0.25) is 0 Å². The summed E-state index contributed by atoms with van der Waals surface area (Å²) in [4.78, 5) is 82.6. The molecule has 4 aliphatic heterocycles. The zero-order valence-electron chi connectivity index (χ0n) is 39.4. The van der Waals surface area contributed by atoms with Gasteiger partial charge in [-0.2, -0.15) is 0 Å². The molecule has 4 aliphatic rings. The first-order valence-corrected chi connectivity index (χ1v) is 24.3. The first-order valence-electron chi connectivity index (χ1n) is 24.3. The number of anilines is 2. The topological polar surface area (TPSA) is 208 Å². The molecule has 5 N–H and O–H groups in total. The van der Waals surface area contributed by atoms with E-state index in [-0.39, 0.29) is 47.8 Å². The van der Waals surface area contributed by atoms with E-state index in [1.54, 1.807) is 4.90 Å². The number of hydrogen-bond donors (Lipinski definition) is 4. The average molecular weight is 916 g/mol. The molecule has 5 aromatic rings. The van der Waals surface area contributed by atoms with Gasteiger partial charge in [0.25, 0.3) is 5.91 Å². The number of H-pyrrole nitrogens is 2. The van der Waals surface area contributed by atoms with Crippen LogP contribution in [0.15, 0.2) is 54.7 Å². The zero-order valence-corrected chi connectivity index (χ0v) is 39.4. The fourth-order valence-electron chi connectivity index (χ4n) is 10.9. The van der Waals surface area contributed by atoms with Crippen molar-refractivity contribution in [3.05, 3.63) is 77.5 Å². The van der Waals surface area contributed by atoms with Crippen molar-refractivity contribution >= 4 is 57.6 Å². The van der Waals surface area contributed by atoms with Crippen LogP contribution in [0, 0.1) is 11.8 Å². The van der Waals surface area contributed by atoms with Gasteiger partial charge in [0.2, 0.25) is 5.91 Å². The number of nitrogens with one attached hydrogen (secondary N) is 3. The van der Waals surface area contributed by atoms with Crippen LogP contribution in [0.25, 0.3) is 22.1 Å². The van der Waals surface area contributed by atoms with Gasteiger partial charge in [-0.3, -0.25) is 9.59 Å². The van der Waals surface area contributed by atoms with Gasteiger partial charge in [-0.1, -0.05) is 39.8 Å². The van der Waals surface area contributed by atoms with Crippen LogP contribution in [0.1, 0.15) is 139 Å². The predicted molar refractivity (Wildman–Crippen MR) is 255 cm³/mol. The Morgan fingerprint density at radius 1 is 0.746 bits per heavy atom. The molecule has 1 unspecified atom stereocenters. The molecule has 0 bridgehead atoms. The SMILES string of the molecule is CCC(C)[C@H](OC(N)=O)C(=O)N1CCC[C@H]1c1nc2ccc([C@H]3CC[C@H](c4ccc5nc([C@@H]6CCCN6C(=O)[C@@H](NC(=O)OC)C(C)C)[nH]c5c4)N3c3ccc(N4CCCCC4)nc3)cc2[nH]1. The highest BCUT2D eigenvalue weighted by Crippen LogP contribution is 2.48. The number of aromatic nitrogens is 5. The van der Waals surface area contributed by atoms with Crippen molar-refractivity contribution in [3.8, 4) is 0 Å². The van der Waals surface area contributed by atoms with Gasteiger partial charge in [0.05, 0.1) is 65.2 Å². The van der Waals surface area contributed by atoms with E-state index in [0.29, 0.717) is 25.3 Å². The molecule has 0 radical (unpaired) electrons. The van der Waals surface area contributed by atoms with Crippen LogP contribution < -0.4 is 20.9 Å². The van der Waals surface area contributed by atoms with Gasteiger partial charge < -0.3 is 50.1 Å². The minimum absolute atomic E-state index is 0.0224. The first kappa shape index (κ1) is 45.8. The second-order valence-corrected chi connectivity index (χ2v) is 19.2. The average Bonchev–Trinajstić information content (AvgIpc) is 4.20. The lowest BCUT2D eigenvalue weighted by atomic mass is 10.00. The number of nitrogens with zero attached hydrogens (tertiary/aromatic N) is 7. The summed E-state index contributed by atoms with van der Waals surface area (Å²) >= 11 is 0. The molecule has 67 heavy (non-hydrogen) atoms. The molecular formula is C50H65N11O6. The lowest BCUT2D eigenvalue weighted by molar-refractivity contribution is -0.144. The number of nitrogens with two attached hydrogens (primary N) is 1. The molecular weight excluding hydrogens is 851 g/mol. The van der Waals surface area contributed by atoms with E-state index in [1.165, 1.54) is 26.4 Å². The van der Waals surface area contributed by atoms with Gasteiger partial charge in [-0.05, 0) is 118 Å². The van der Waals surface area contributed by atoms with E-state index >= 15 is 0 Å². The number of hydrogen-bond acceptors (Lipinski definition) is 11. The number of carbonyl (C=O) groups excluding carboxylic acids is 4. The van der Waals surface area contributed by atoms with Gasteiger partial charge >= 0.3 is 12.2 Å². The van der Waals surface area contributed by atoms with Crippen LogP contribution in [0.5, 0.6) is 0 Å². The number of amides is 4. The summed E-state index contributed by atoms with van der Waals surface area (Å²) in [6, 6.07) is 16.1. The monoisotopic (exact) mass is 916 g/mol. The second kappa shape index (κ2) is 19.4. The smallest absolute Gasteiger partial charge is 0.407 e. The number of alkyl carbamates (subject to hydrolysis) is 1. The number of imidazole rings is 2. The third-order valence-electron chi connectivity index (χ3n) is 14.7. The Balaban J connectivity index is 1.01. The summed E-state index contributed by atoms with van der Waals surface area (Å²) in [6.45, 7) is 10.8. The van der Waals surface area contributed by atoms with E-state index in [1.807, 2.05) is 38.8 Å². The van der Waals surface area contributed by atoms with Gasteiger partial charge in [0.1, 0.15) is 23.5 Å². The standard InChI is InChI=1S/C50H65N11O6/c1-6-30(4)44(67-49(51)64)48(63)60-25-11-13-41(60)46-54-35-18-15-32(27-37(35)56-46)39-20-19-38(61(39)33-16-21-42(52-28-33)58-22-8-7-9-23-58)31-14-17-34-36(26-31)55-45(53-34)40-12-10-24-59(40)47(62)43(29(2)3)57-50(65)66-5/h14-18,21,26-30,38-41,43-44H,6-13,19-20,22-25H2,1-5H3,(H2,51,64)(H,53,55)(H,54,56)(H,57,65)/t30?,38-,39-,40+,41+,43+,44+/m1/s1. The molecule has 4 amide bonds. The minimum Gasteiger partial charge on any atom is -0.453 e. The lowest BCUT2D eigenvalue weighted by Gasteiger charge is -2.34. The third-order valence-corrected chi connectivity index (χ3v) is 14.7. The number of aromatic amines is 2. The van der Waals surface area contributed by atoms with E-state index in [9.17, 15) is 19.2 Å². The Morgan fingerprint density at radius 2 is 1.33 bits per heavy atom. The van der Waals surface area contributed by atoms with Crippen molar-refractivity contribution < 1.29 is 28.7 Å². The normalized spacial score (nSPS) is 22.4. The number of piperidine rings is 1. The summed E-state index contributed by atoms with van der Waals surface area (Å²) in [6.07, 6.45) is 8.71. The molecule has 0 spiro atoms. The number of fused-ring (bicyclic) bond motifs is 2. The van der Waals surface area contributed by atoms with Crippen LogP contribution in [-0.2, 0) is 19.1 Å². The molecule has 0 aliphatic carbocycles. The molecule has 17 nitrogen and oxygen atoms in total. The molecule has 9 rings (SSSR count). The van der Waals surface area contributed by atoms with Crippen LogP contribution in [0.3, 0.4) is 0 Å². The lowest BCUT2D eigenvalue weighted by Crippen LogP contribution is -2.51. The third kappa shape index (κ3) is 9.20. The number of likely N-dealkylation sites (tertiary alicyclic amines) is 2. The summed E-state index contributed by atoms with van der Waals surface area (Å²) in [5.41, 5.74) is 12.2. The zero-order chi connectivity index (χ0) is 46.9. The van der Waals surface area contributed by atoms with Gasteiger partial charge in [-0.15, -0.1) is 0 Å². The van der Waals surface area contributed by atoms with E-state index in [2.05, 4.69) is 73.6 Å². The van der Waals surface area contributed by atoms with Crippen LogP contribution in [0.4, 0.5) is 21.1 Å². The maximum Gasteiger partial charge on any atom is 0.407 e. The Kier molecular flexibility index (Phi) is 13.3. The Hall–Kier alpha value is -6.39. The van der Waals surface area contributed by atoms with Crippen LogP contribution in [-0.4, -0.2) is 104 Å². The van der Waals surface area contributed by atoms with Crippen molar-refractivity contribution in [1.29, 1.82) is 0 Å². The summed E-state index contributed by atoms with van der Waals surface area (Å²) in [5, 5.41) is 2.74. The molecule has 356 valence electrons. The quantitative estimate of drug-likeness (QED) is 0.0887. The Morgan fingerprint density at radius 3 is 1.84 bits per heavy atom. The molecule has 2 aromatic carbocycles. The van der Waals surface area contributed by atoms with E-state index in [4.69, 9.17) is 30.2 Å². The van der Waals surface area contributed by atoms with Crippen molar-refractivity contribution in [2.24, 2.45) is 17.6 Å². The van der Waals surface area contributed by atoms with Gasteiger partial charge in [0, 0.05) is 32.1 Å². The van der Waals surface area contributed by atoms with Crippen molar-refractivity contribution in [3.63, 3.8) is 0 Å². The molecule has 7 heterocycles. The summed E-state index contributed by atoms with van der Waals surface area (Å²) in [5.74, 6) is 1.77. The minimum atomic E-state index is -0.951. The molecule has 7 atom stereocenters. The molecule has 0 saturated carbocycles. The van der Waals surface area contributed by atoms with Crippen molar-refractivity contribution in [1.82, 2.24) is 40.0 Å². The molecule has 4 saturated heterocycles. The second-order valence-electron chi connectivity index (χ2n) is 19.2. The number of benzene rings is 2. The molecule has 17 heteroatoms. The number of rotatable bonds is 13. The van der Waals surface area contributed by atoms with Crippen molar-refractivity contribution in [2.45, 2.75) is 128 Å². The fraction of sp³-hybridized carbons (Fsp3) is 0.540. The van der Waals surface area contributed by atoms with Gasteiger partial charge in [0.15, 0.2) is 6.10 Å². The number of primary amides is 1. The van der Waals surface area contributed by atoms with Crippen molar-refractivity contribution in [2.75, 3.05) is 43.1 Å². The summed E-state index contributed by atoms with van der Waals surface area (Å²) < 4.78 is 10.2. The highest BCUT2D eigenvalue weighted by Gasteiger charge is 2.41. The number of ether oxygens (including phenoxy) is 2. The number of carbonyl (C=O) groups is 4.